The number of hydrazine groups is 1. The summed E-state index contributed by atoms with van der Waals surface area (Å²) in [7, 11) is 0. The maximum absolute atomic E-state index is 12.0. The van der Waals surface area contributed by atoms with Crippen molar-refractivity contribution in [2.24, 2.45) is 0 Å². The summed E-state index contributed by atoms with van der Waals surface area (Å²) >= 11 is 11.7. The minimum atomic E-state index is -0.471. The molecule has 0 spiro atoms. The summed E-state index contributed by atoms with van der Waals surface area (Å²) in [5.41, 5.74) is 6.00. The highest BCUT2D eigenvalue weighted by Gasteiger charge is 2.13. The Bertz CT molecular complexity index is 947. The van der Waals surface area contributed by atoms with Gasteiger partial charge in [0.2, 0.25) is 0 Å². The topological polar surface area (TPSA) is 88.7 Å². The molecule has 2 aromatic rings. The molecule has 0 saturated carbocycles. The lowest BCUT2D eigenvalue weighted by molar-refractivity contribution is -0.124. The molecule has 0 aliphatic rings. The van der Waals surface area contributed by atoms with Gasteiger partial charge in [0.05, 0.1) is 4.47 Å². The second-order valence-electron chi connectivity index (χ2n) is 7.48. The average Bonchev–Trinajstić information content (AvgIpc) is 2.69. The van der Waals surface area contributed by atoms with Crippen molar-refractivity contribution in [2.75, 3.05) is 13.2 Å². The highest BCUT2D eigenvalue weighted by Crippen LogP contribution is 2.28. The molecule has 0 aromatic heterocycles. The molecule has 0 atom stereocenters. The van der Waals surface area contributed by atoms with Crippen LogP contribution in [0.25, 0.3) is 0 Å². The summed E-state index contributed by atoms with van der Waals surface area (Å²) in [6.07, 6.45) is 0. The van der Waals surface area contributed by atoms with Crippen LogP contribution in [0.5, 0.6) is 11.5 Å². The SMILES string of the molecule is CC(C)(C)c1ccc(OCC(=O)NC(=S)NNC(=O)COc2ccc(Br)cc2Br)cc1. The van der Waals surface area contributed by atoms with Gasteiger partial charge >= 0.3 is 0 Å². The molecule has 0 radical (unpaired) electrons. The fraction of sp³-hybridized carbons (Fsp3) is 0.286. The van der Waals surface area contributed by atoms with Crippen molar-refractivity contribution in [1.82, 2.24) is 16.2 Å². The zero-order chi connectivity index (χ0) is 23.0. The fourth-order valence-corrected chi connectivity index (χ4v) is 3.62. The number of ether oxygens (including phenoxy) is 2. The van der Waals surface area contributed by atoms with Crippen LogP contribution >= 0.6 is 44.1 Å². The van der Waals surface area contributed by atoms with Crippen LogP contribution in [0.15, 0.2) is 51.4 Å². The minimum Gasteiger partial charge on any atom is -0.484 e. The second-order valence-corrected chi connectivity index (χ2v) is 9.66. The van der Waals surface area contributed by atoms with Crippen LogP contribution in [-0.4, -0.2) is 30.1 Å². The standard InChI is InChI=1S/C21H23Br2N3O4S/c1-21(2,3)13-4-7-15(8-5-13)29-11-18(27)24-20(31)26-25-19(28)12-30-17-9-6-14(22)10-16(17)23/h4-10H,11-12H2,1-3H3,(H,25,28)(H2,24,26,27,31). The van der Waals surface area contributed by atoms with E-state index >= 15 is 0 Å². The number of hydrogen-bond acceptors (Lipinski definition) is 5. The first kappa shape index (κ1) is 25.1. The van der Waals surface area contributed by atoms with Gasteiger partial charge in [-0.25, -0.2) is 0 Å². The van der Waals surface area contributed by atoms with Gasteiger partial charge in [0.1, 0.15) is 11.5 Å². The normalized spacial score (nSPS) is 10.7. The van der Waals surface area contributed by atoms with Gasteiger partial charge < -0.3 is 9.47 Å². The third-order valence-corrected chi connectivity index (χ3v) is 5.23. The molecule has 0 aliphatic carbocycles. The molecule has 0 unspecified atom stereocenters. The summed E-state index contributed by atoms with van der Waals surface area (Å²) in [6.45, 7) is 5.90. The van der Waals surface area contributed by atoms with Crippen LogP contribution in [0.1, 0.15) is 26.3 Å². The number of benzene rings is 2. The zero-order valence-electron chi connectivity index (χ0n) is 17.3. The van der Waals surface area contributed by atoms with Crippen molar-refractivity contribution in [2.45, 2.75) is 26.2 Å². The molecule has 2 amide bonds. The molecule has 31 heavy (non-hydrogen) atoms. The Labute approximate surface area is 203 Å². The van der Waals surface area contributed by atoms with Gasteiger partial charge in [-0.15, -0.1) is 0 Å². The van der Waals surface area contributed by atoms with Crippen molar-refractivity contribution >= 4 is 61.0 Å². The van der Waals surface area contributed by atoms with Crippen LogP contribution in [0.4, 0.5) is 0 Å². The molecule has 2 aromatic carbocycles. The van der Waals surface area contributed by atoms with E-state index in [1.807, 2.05) is 24.3 Å². The largest absolute Gasteiger partial charge is 0.484 e. The molecule has 0 bridgehead atoms. The Hall–Kier alpha value is -2.17. The van der Waals surface area contributed by atoms with Gasteiger partial charge in [0.25, 0.3) is 11.8 Å². The molecular formula is C21H23Br2N3O4S. The summed E-state index contributed by atoms with van der Waals surface area (Å²) in [4.78, 5) is 23.8. The van der Waals surface area contributed by atoms with E-state index in [0.29, 0.717) is 16.0 Å². The Morgan fingerprint density at radius 1 is 0.935 bits per heavy atom. The van der Waals surface area contributed by atoms with Gasteiger partial charge in [-0.05, 0) is 69.5 Å². The van der Waals surface area contributed by atoms with E-state index in [1.54, 1.807) is 18.2 Å². The average molecular weight is 573 g/mol. The molecule has 3 N–H and O–H groups in total. The highest BCUT2D eigenvalue weighted by atomic mass is 79.9. The smallest absolute Gasteiger partial charge is 0.276 e. The fourth-order valence-electron chi connectivity index (χ4n) is 2.29. The lowest BCUT2D eigenvalue weighted by Gasteiger charge is -2.19. The van der Waals surface area contributed by atoms with Gasteiger partial charge in [-0.3, -0.25) is 25.8 Å². The predicted molar refractivity (Wildman–Crippen MR) is 130 cm³/mol. The Kier molecular flexibility index (Phi) is 9.27. The molecule has 10 heteroatoms. The number of halogens is 2. The predicted octanol–water partition coefficient (Wildman–Crippen LogP) is 3.99. The maximum atomic E-state index is 12.0. The monoisotopic (exact) mass is 571 g/mol. The van der Waals surface area contributed by atoms with Gasteiger partial charge in [0, 0.05) is 4.47 Å². The van der Waals surface area contributed by atoms with Crippen molar-refractivity contribution in [3.63, 3.8) is 0 Å². The number of carbonyl (C=O) groups excluding carboxylic acids is 2. The minimum absolute atomic E-state index is 0.0397. The van der Waals surface area contributed by atoms with Crippen molar-refractivity contribution < 1.29 is 19.1 Å². The van der Waals surface area contributed by atoms with Crippen LogP contribution in [0, 0.1) is 0 Å². The maximum Gasteiger partial charge on any atom is 0.276 e. The number of thiocarbonyl (C=S) groups is 1. The second kappa shape index (κ2) is 11.4. The Morgan fingerprint density at radius 3 is 2.19 bits per heavy atom. The summed E-state index contributed by atoms with van der Waals surface area (Å²) in [5, 5.41) is 2.36. The number of hydrogen-bond donors (Lipinski definition) is 3. The van der Waals surface area contributed by atoms with E-state index in [-0.39, 0.29) is 23.7 Å². The van der Waals surface area contributed by atoms with Crippen LogP contribution in [0.3, 0.4) is 0 Å². The number of amides is 2. The summed E-state index contributed by atoms with van der Waals surface area (Å²) in [5.74, 6) is 0.164. The molecule has 166 valence electrons. The van der Waals surface area contributed by atoms with Crippen LogP contribution < -0.4 is 25.6 Å². The van der Waals surface area contributed by atoms with E-state index < -0.39 is 11.8 Å². The number of carbonyl (C=O) groups is 2. The van der Waals surface area contributed by atoms with Gasteiger partial charge in [-0.2, -0.15) is 0 Å². The van der Waals surface area contributed by atoms with Gasteiger partial charge in [0.15, 0.2) is 18.3 Å². The molecule has 7 nitrogen and oxygen atoms in total. The third kappa shape index (κ3) is 8.84. The van der Waals surface area contributed by atoms with E-state index in [9.17, 15) is 9.59 Å². The Balaban J connectivity index is 1.68. The lowest BCUT2D eigenvalue weighted by atomic mass is 9.87. The zero-order valence-corrected chi connectivity index (χ0v) is 21.2. The molecule has 0 aliphatic heterocycles. The Morgan fingerprint density at radius 2 is 1.58 bits per heavy atom. The molecule has 0 saturated heterocycles. The van der Waals surface area contributed by atoms with E-state index in [2.05, 4.69) is 68.8 Å². The first-order valence-corrected chi connectivity index (χ1v) is 11.2. The van der Waals surface area contributed by atoms with E-state index in [0.717, 1.165) is 4.47 Å². The molecule has 0 heterocycles. The first-order valence-electron chi connectivity index (χ1n) is 9.24. The third-order valence-electron chi connectivity index (χ3n) is 3.91. The molecular weight excluding hydrogens is 550 g/mol. The highest BCUT2D eigenvalue weighted by molar-refractivity contribution is 9.11. The van der Waals surface area contributed by atoms with E-state index in [4.69, 9.17) is 21.7 Å². The molecule has 2 rings (SSSR count). The number of nitrogens with one attached hydrogen (secondary N) is 3. The van der Waals surface area contributed by atoms with Crippen LogP contribution in [-0.2, 0) is 15.0 Å². The van der Waals surface area contributed by atoms with E-state index in [1.165, 1.54) is 5.56 Å². The quantitative estimate of drug-likeness (QED) is 0.358. The van der Waals surface area contributed by atoms with Gasteiger partial charge in [-0.1, -0.05) is 48.8 Å². The summed E-state index contributed by atoms with van der Waals surface area (Å²) < 4.78 is 12.5. The van der Waals surface area contributed by atoms with Crippen molar-refractivity contribution in [1.29, 1.82) is 0 Å². The van der Waals surface area contributed by atoms with Crippen LogP contribution in [0.2, 0.25) is 0 Å². The lowest BCUT2D eigenvalue weighted by Crippen LogP contribution is -2.50. The first-order chi connectivity index (χ1) is 14.5. The van der Waals surface area contributed by atoms with Crippen molar-refractivity contribution in [3.05, 3.63) is 57.0 Å². The van der Waals surface area contributed by atoms with Crippen molar-refractivity contribution in [3.8, 4) is 11.5 Å². The molecule has 0 fully saturated rings. The summed E-state index contributed by atoms with van der Waals surface area (Å²) in [6, 6.07) is 12.9. The number of rotatable bonds is 6.